The van der Waals surface area contributed by atoms with Crippen LogP contribution in [0.15, 0.2) is 4.99 Å². The number of alkyl halides is 2. The fraction of sp³-hybridized carbons (Fsp3) is 0.833. The summed E-state index contributed by atoms with van der Waals surface area (Å²) in [6, 6.07) is 0. The summed E-state index contributed by atoms with van der Waals surface area (Å²) in [7, 11) is 0. The highest BCUT2D eigenvalue weighted by atomic mass is 32.1. The van der Waals surface area contributed by atoms with Gasteiger partial charge in [-0.2, -0.15) is 0 Å². The topological polar surface area (TPSA) is 12.4 Å². The minimum Gasteiger partial charge on any atom is -0.232 e. The van der Waals surface area contributed by atoms with E-state index in [0.29, 0.717) is 6.54 Å². The van der Waals surface area contributed by atoms with Crippen molar-refractivity contribution in [2.24, 2.45) is 10.9 Å². The molecule has 0 unspecified atom stereocenters. The number of nitrogens with zero attached hydrogens (tertiary/aromatic N) is 1. The third kappa shape index (κ3) is 1.82. The van der Waals surface area contributed by atoms with Gasteiger partial charge in [0.25, 0.3) is 0 Å². The van der Waals surface area contributed by atoms with Gasteiger partial charge in [-0.3, -0.25) is 0 Å². The smallest absolute Gasteiger partial charge is 0.232 e. The zero-order valence-corrected chi connectivity index (χ0v) is 6.13. The highest BCUT2D eigenvalue weighted by molar-refractivity contribution is 7.78. The van der Waals surface area contributed by atoms with Gasteiger partial charge in [0.15, 0.2) is 0 Å². The second-order valence-corrected chi connectivity index (χ2v) is 2.74. The Morgan fingerprint density at radius 3 is 2.60 bits per heavy atom. The molecular weight excluding hydrogens is 156 g/mol. The third-order valence-corrected chi connectivity index (χ3v) is 1.72. The van der Waals surface area contributed by atoms with E-state index in [0.717, 1.165) is 0 Å². The van der Waals surface area contributed by atoms with Crippen LogP contribution in [0.3, 0.4) is 0 Å². The molecule has 0 saturated heterocycles. The van der Waals surface area contributed by atoms with Gasteiger partial charge in [0.05, 0.1) is 11.7 Å². The molecule has 0 atom stereocenters. The molecule has 1 rings (SSSR count). The summed E-state index contributed by atoms with van der Waals surface area (Å²) < 4.78 is 24.3. The Hall–Kier alpha value is -0.340. The van der Waals surface area contributed by atoms with Crippen molar-refractivity contribution in [2.75, 3.05) is 6.54 Å². The summed E-state index contributed by atoms with van der Waals surface area (Å²) in [5.74, 6) is -2.40. The van der Waals surface area contributed by atoms with E-state index >= 15 is 0 Å². The van der Waals surface area contributed by atoms with E-state index in [1.54, 1.807) is 0 Å². The van der Waals surface area contributed by atoms with E-state index in [-0.39, 0.29) is 18.8 Å². The fourth-order valence-corrected chi connectivity index (χ4v) is 1.15. The predicted molar refractivity (Wildman–Crippen MR) is 37.6 cm³/mol. The van der Waals surface area contributed by atoms with Crippen LogP contribution in [-0.2, 0) is 0 Å². The van der Waals surface area contributed by atoms with Crippen molar-refractivity contribution in [3.63, 3.8) is 0 Å². The van der Waals surface area contributed by atoms with Crippen LogP contribution >= 0.6 is 12.2 Å². The van der Waals surface area contributed by atoms with Crippen LogP contribution in [0.2, 0.25) is 0 Å². The normalized spacial score (nSPS) is 23.0. The Bertz CT molecular complexity index is 167. The molecule has 1 aliphatic carbocycles. The maximum Gasteiger partial charge on any atom is 0.248 e. The molecular formula is C6H7F2NS. The molecule has 56 valence electrons. The minimum absolute atomic E-state index is 0.0328. The molecule has 0 N–H and O–H groups in total. The Morgan fingerprint density at radius 1 is 1.60 bits per heavy atom. The molecule has 0 aliphatic heterocycles. The number of halogens is 2. The van der Waals surface area contributed by atoms with E-state index in [1.807, 2.05) is 0 Å². The van der Waals surface area contributed by atoms with E-state index < -0.39 is 5.92 Å². The number of thiocarbonyl (C=S) groups is 1. The van der Waals surface area contributed by atoms with E-state index in [1.165, 1.54) is 0 Å². The van der Waals surface area contributed by atoms with Crippen molar-refractivity contribution in [1.29, 1.82) is 0 Å². The van der Waals surface area contributed by atoms with Gasteiger partial charge < -0.3 is 0 Å². The predicted octanol–water partition coefficient (Wildman–Crippen LogP) is 2.13. The molecule has 0 aromatic heterocycles. The minimum atomic E-state index is -2.43. The standard InChI is InChI=1S/C6H7F2NS/c7-6(8)1-5(2-6)3-9-4-10/h5H,1-3H2. The average Bonchev–Trinajstić information content (AvgIpc) is 1.78. The summed E-state index contributed by atoms with van der Waals surface area (Å²) in [6.07, 6.45) is -0.0684. The first-order valence-corrected chi connectivity index (χ1v) is 3.46. The first-order chi connectivity index (χ1) is 4.64. The maximum atomic E-state index is 12.1. The van der Waals surface area contributed by atoms with Gasteiger partial charge in [-0.1, -0.05) is 0 Å². The fourth-order valence-electron chi connectivity index (χ4n) is 1.08. The van der Waals surface area contributed by atoms with Crippen molar-refractivity contribution in [3.05, 3.63) is 0 Å². The lowest BCUT2D eigenvalue weighted by Crippen LogP contribution is -2.36. The molecule has 4 heteroatoms. The SMILES string of the molecule is FC1(F)CC(CN=C=S)C1. The first kappa shape index (κ1) is 7.76. The summed E-state index contributed by atoms with van der Waals surface area (Å²) in [5, 5.41) is 2.16. The number of rotatable bonds is 2. The summed E-state index contributed by atoms with van der Waals surface area (Å²) in [5.41, 5.74) is 0. The average molecular weight is 163 g/mol. The zero-order valence-electron chi connectivity index (χ0n) is 5.31. The first-order valence-electron chi connectivity index (χ1n) is 3.05. The number of hydrogen-bond acceptors (Lipinski definition) is 2. The molecule has 1 aliphatic rings. The largest absolute Gasteiger partial charge is 0.248 e. The molecule has 1 fully saturated rings. The number of isothiocyanates is 1. The lowest BCUT2D eigenvalue weighted by molar-refractivity contribution is -0.107. The summed E-state index contributed by atoms with van der Waals surface area (Å²) >= 11 is 4.30. The second-order valence-electron chi connectivity index (χ2n) is 2.56. The van der Waals surface area contributed by atoms with Gasteiger partial charge in [-0.25, -0.2) is 13.8 Å². The zero-order chi connectivity index (χ0) is 7.61. The second kappa shape index (κ2) is 2.72. The van der Waals surface area contributed by atoms with Crippen LogP contribution in [0.5, 0.6) is 0 Å². The lowest BCUT2D eigenvalue weighted by Gasteiger charge is -2.33. The van der Waals surface area contributed by atoms with E-state index in [9.17, 15) is 8.78 Å². The molecule has 0 aromatic carbocycles. The quantitative estimate of drug-likeness (QED) is 0.448. The molecule has 0 heterocycles. The van der Waals surface area contributed by atoms with Gasteiger partial charge in [0, 0.05) is 12.8 Å². The van der Waals surface area contributed by atoms with Crippen molar-refractivity contribution < 1.29 is 8.78 Å². The van der Waals surface area contributed by atoms with Crippen LogP contribution in [0, 0.1) is 5.92 Å². The molecule has 0 bridgehead atoms. The van der Waals surface area contributed by atoms with Crippen LogP contribution in [-0.4, -0.2) is 17.6 Å². The Balaban J connectivity index is 2.20. The van der Waals surface area contributed by atoms with Crippen molar-refractivity contribution in [1.82, 2.24) is 0 Å². The van der Waals surface area contributed by atoms with Gasteiger partial charge in [0.2, 0.25) is 5.92 Å². The Labute approximate surface area is 63.1 Å². The molecule has 0 amide bonds. The van der Waals surface area contributed by atoms with Gasteiger partial charge in [-0.05, 0) is 18.1 Å². The van der Waals surface area contributed by atoms with Crippen LogP contribution in [0.1, 0.15) is 12.8 Å². The maximum absolute atomic E-state index is 12.1. The Morgan fingerprint density at radius 2 is 2.20 bits per heavy atom. The molecule has 0 spiro atoms. The summed E-state index contributed by atoms with van der Waals surface area (Å²) in [6.45, 7) is 0.416. The van der Waals surface area contributed by atoms with Crippen LogP contribution < -0.4 is 0 Å². The Kier molecular flexibility index (Phi) is 2.11. The van der Waals surface area contributed by atoms with Gasteiger partial charge in [0.1, 0.15) is 0 Å². The molecule has 1 saturated carbocycles. The number of hydrogen-bond donors (Lipinski definition) is 0. The van der Waals surface area contributed by atoms with Crippen molar-refractivity contribution in [2.45, 2.75) is 18.8 Å². The van der Waals surface area contributed by atoms with Crippen molar-refractivity contribution >= 4 is 17.4 Å². The lowest BCUT2D eigenvalue weighted by atomic mass is 9.81. The monoisotopic (exact) mass is 163 g/mol. The number of aliphatic imine (C=N–C) groups is 1. The van der Waals surface area contributed by atoms with Crippen LogP contribution in [0.4, 0.5) is 8.78 Å². The molecule has 1 nitrogen and oxygen atoms in total. The summed E-state index contributed by atoms with van der Waals surface area (Å²) in [4.78, 5) is 3.59. The van der Waals surface area contributed by atoms with Crippen molar-refractivity contribution in [3.8, 4) is 0 Å². The van der Waals surface area contributed by atoms with Gasteiger partial charge >= 0.3 is 0 Å². The molecule has 0 radical (unpaired) electrons. The third-order valence-electron chi connectivity index (χ3n) is 1.59. The van der Waals surface area contributed by atoms with E-state index in [4.69, 9.17) is 0 Å². The van der Waals surface area contributed by atoms with Gasteiger partial charge in [-0.15, -0.1) is 0 Å². The highest BCUT2D eigenvalue weighted by Gasteiger charge is 2.44. The van der Waals surface area contributed by atoms with E-state index in [2.05, 4.69) is 22.4 Å². The molecule has 0 aromatic rings. The molecule has 10 heavy (non-hydrogen) atoms. The van der Waals surface area contributed by atoms with Crippen LogP contribution in [0.25, 0.3) is 0 Å². The highest BCUT2D eigenvalue weighted by Crippen LogP contribution is 2.42.